The molecule has 0 spiro atoms. The second kappa shape index (κ2) is 5.36. The van der Waals surface area contributed by atoms with Crippen molar-refractivity contribution in [3.63, 3.8) is 0 Å². The second-order valence-electron chi connectivity index (χ2n) is 3.52. The molecule has 18 heavy (non-hydrogen) atoms. The molecule has 0 aliphatic rings. The molecule has 94 valence electrons. The van der Waals surface area contributed by atoms with E-state index in [2.05, 4.69) is 20.9 Å². The van der Waals surface area contributed by atoms with Crippen LogP contribution in [0.15, 0.2) is 28.1 Å². The summed E-state index contributed by atoms with van der Waals surface area (Å²) in [6.45, 7) is 0. The smallest absolute Gasteiger partial charge is 0.326 e. The van der Waals surface area contributed by atoms with Gasteiger partial charge in [-0.05, 0) is 18.2 Å². The lowest BCUT2D eigenvalue weighted by molar-refractivity contribution is -0.138. The summed E-state index contributed by atoms with van der Waals surface area (Å²) in [4.78, 5) is 15.0. The van der Waals surface area contributed by atoms with Crippen LogP contribution >= 0.6 is 38.9 Å². The van der Waals surface area contributed by atoms with Crippen molar-refractivity contribution in [2.24, 2.45) is 5.73 Å². The van der Waals surface area contributed by atoms with Crippen LogP contribution in [0.2, 0.25) is 5.02 Å². The van der Waals surface area contributed by atoms with E-state index in [0.717, 1.165) is 10.0 Å². The number of carbonyl (C=O) groups is 1. The molecule has 0 bridgehead atoms. The largest absolute Gasteiger partial charge is 0.480 e. The van der Waals surface area contributed by atoms with E-state index in [1.54, 1.807) is 17.5 Å². The van der Waals surface area contributed by atoms with Crippen LogP contribution in [0.4, 0.5) is 0 Å². The van der Waals surface area contributed by atoms with E-state index in [1.165, 1.54) is 11.3 Å². The number of nitrogens with two attached hydrogens (primary N) is 1. The van der Waals surface area contributed by atoms with Crippen molar-refractivity contribution in [3.8, 4) is 10.6 Å². The molecular weight excluding hydrogens is 340 g/mol. The molecule has 0 aliphatic heterocycles. The highest BCUT2D eigenvalue weighted by Crippen LogP contribution is 2.33. The molecular formula is C11H8BrClN2O2S. The fraction of sp³-hybridized carbons (Fsp3) is 0.0909. The van der Waals surface area contributed by atoms with Gasteiger partial charge in [-0.15, -0.1) is 11.3 Å². The minimum atomic E-state index is -1.10. The Morgan fingerprint density at radius 2 is 2.28 bits per heavy atom. The predicted octanol–water partition coefficient (Wildman–Crippen LogP) is 3.31. The van der Waals surface area contributed by atoms with Gasteiger partial charge in [0, 0.05) is 20.4 Å². The van der Waals surface area contributed by atoms with Crippen molar-refractivity contribution in [3.05, 3.63) is 38.8 Å². The second-order valence-corrected chi connectivity index (χ2v) is 5.67. The van der Waals surface area contributed by atoms with Gasteiger partial charge in [0.2, 0.25) is 0 Å². The summed E-state index contributed by atoms with van der Waals surface area (Å²) >= 11 is 10.7. The topological polar surface area (TPSA) is 76.2 Å². The summed E-state index contributed by atoms with van der Waals surface area (Å²) < 4.78 is 0.844. The number of aliphatic carboxylic acids is 1. The van der Waals surface area contributed by atoms with Gasteiger partial charge in [-0.1, -0.05) is 27.5 Å². The summed E-state index contributed by atoms with van der Waals surface area (Å²) in [6.07, 6.45) is 0. The first-order valence-electron chi connectivity index (χ1n) is 4.88. The van der Waals surface area contributed by atoms with Crippen molar-refractivity contribution in [1.29, 1.82) is 0 Å². The molecule has 0 fully saturated rings. The first kappa shape index (κ1) is 13.5. The van der Waals surface area contributed by atoms with Crippen molar-refractivity contribution in [1.82, 2.24) is 4.98 Å². The number of carboxylic acids is 1. The summed E-state index contributed by atoms with van der Waals surface area (Å²) in [5.74, 6) is -1.10. The fourth-order valence-electron chi connectivity index (χ4n) is 1.34. The van der Waals surface area contributed by atoms with Gasteiger partial charge in [0.05, 0.1) is 5.69 Å². The van der Waals surface area contributed by atoms with E-state index in [4.69, 9.17) is 22.4 Å². The van der Waals surface area contributed by atoms with Gasteiger partial charge in [0.1, 0.15) is 11.0 Å². The number of hydrogen-bond acceptors (Lipinski definition) is 4. The third-order valence-corrected chi connectivity index (χ3v) is 4.09. The van der Waals surface area contributed by atoms with Crippen LogP contribution < -0.4 is 5.73 Å². The number of carboxylic acid groups (broad SMARTS) is 1. The fourth-order valence-corrected chi connectivity index (χ4v) is 2.96. The van der Waals surface area contributed by atoms with Crippen molar-refractivity contribution in [2.45, 2.75) is 6.04 Å². The molecule has 2 rings (SSSR count). The monoisotopic (exact) mass is 346 g/mol. The van der Waals surface area contributed by atoms with Crippen molar-refractivity contribution < 1.29 is 9.90 Å². The highest BCUT2D eigenvalue weighted by atomic mass is 79.9. The Labute approximate surface area is 121 Å². The zero-order valence-electron chi connectivity index (χ0n) is 8.93. The number of halogens is 2. The molecule has 0 amide bonds. The van der Waals surface area contributed by atoms with Gasteiger partial charge < -0.3 is 10.8 Å². The SMILES string of the molecule is NC(C(=O)O)c1csc(-c2cc(Cl)ccc2Br)n1. The number of benzene rings is 1. The molecule has 3 N–H and O–H groups in total. The van der Waals surface area contributed by atoms with E-state index < -0.39 is 12.0 Å². The van der Waals surface area contributed by atoms with E-state index in [-0.39, 0.29) is 0 Å². The van der Waals surface area contributed by atoms with Crippen LogP contribution in [0.5, 0.6) is 0 Å². The van der Waals surface area contributed by atoms with E-state index in [9.17, 15) is 4.79 Å². The van der Waals surface area contributed by atoms with Crippen LogP contribution in [0, 0.1) is 0 Å². The van der Waals surface area contributed by atoms with Crippen molar-refractivity contribution >= 4 is 44.8 Å². The van der Waals surface area contributed by atoms with Gasteiger partial charge in [-0.25, -0.2) is 4.98 Å². The van der Waals surface area contributed by atoms with Gasteiger partial charge in [0.25, 0.3) is 0 Å². The minimum Gasteiger partial charge on any atom is -0.480 e. The van der Waals surface area contributed by atoms with E-state index in [1.807, 2.05) is 6.07 Å². The van der Waals surface area contributed by atoms with E-state index >= 15 is 0 Å². The van der Waals surface area contributed by atoms with Crippen LogP contribution in [-0.4, -0.2) is 16.1 Å². The molecule has 1 aromatic heterocycles. The zero-order valence-corrected chi connectivity index (χ0v) is 12.1. The Bertz CT molecular complexity index is 602. The standard InChI is InChI=1S/C11H8BrClN2O2S/c12-7-2-1-5(13)3-6(7)10-15-8(4-18-10)9(14)11(16)17/h1-4,9H,14H2,(H,16,17). The Kier molecular flexibility index (Phi) is 4.01. The third-order valence-electron chi connectivity index (χ3n) is 2.27. The maximum absolute atomic E-state index is 10.8. The molecule has 1 heterocycles. The molecule has 1 atom stereocenters. The lowest BCUT2D eigenvalue weighted by Gasteiger charge is -2.02. The highest BCUT2D eigenvalue weighted by molar-refractivity contribution is 9.10. The van der Waals surface area contributed by atoms with Gasteiger partial charge in [-0.2, -0.15) is 0 Å². The molecule has 0 saturated heterocycles. The zero-order chi connectivity index (χ0) is 13.3. The molecule has 1 aromatic carbocycles. The van der Waals surface area contributed by atoms with Gasteiger partial charge >= 0.3 is 5.97 Å². The quantitative estimate of drug-likeness (QED) is 0.893. The number of aromatic nitrogens is 1. The lowest BCUT2D eigenvalue weighted by Crippen LogP contribution is -2.20. The number of thiazole rings is 1. The first-order chi connectivity index (χ1) is 8.49. The van der Waals surface area contributed by atoms with Crippen LogP contribution in [0.25, 0.3) is 10.6 Å². The molecule has 0 aliphatic carbocycles. The molecule has 1 unspecified atom stereocenters. The average molecular weight is 348 g/mol. The molecule has 4 nitrogen and oxygen atoms in total. The third kappa shape index (κ3) is 2.72. The normalized spacial score (nSPS) is 12.4. The van der Waals surface area contributed by atoms with Crippen LogP contribution in [0.3, 0.4) is 0 Å². The maximum Gasteiger partial charge on any atom is 0.326 e. The molecule has 7 heteroatoms. The summed E-state index contributed by atoms with van der Waals surface area (Å²) in [7, 11) is 0. The number of hydrogen-bond donors (Lipinski definition) is 2. The molecule has 0 radical (unpaired) electrons. The van der Waals surface area contributed by atoms with Crippen LogP contribution in [-0.2, 0) is 4.79 Å². The van der Waals surface area contributed by atoms with E-state index in [0.29, 0.717) is 15.7 Å². The summed E-state index contributed by atoms with van der Waals surface area (Å²) in [6, 6.07) is 4.23. The van der Waals surface area contributed by atoms with Gasteiger partial charge in [-0.3, -0.25) is 4.79 Å². The Hall–Kier alpha value is -0.950. The lowest BCUT2D eigenvalue weighted by atomic mass is 10.2. The minimum absolute atomic E-state index is 0.342. The molecule has 2 aromatic rings. The van der Waals surface area contributed by atoms with Crippen LogP contribution in [0.1, 0.15) is 11.7 Å². The number of rotatable bonds is 3. The molecule has 0 saturated carbocycles. The first-order valence-corrected chi connectivity index (χ1v) is 6.93. The Balaban J connectivity index is 2.41. The average Bonchev–Trinajstić information content (AvgIpc) is 2.80. The summed E-state index contributed by atoms with van der Waals surface area (Å²) in [5, 5.41) is 11.7. The van der Waals surface area contributed by atoms with Crippen molar-refractivity contribution in [2.75, 3.05) is 0 Å². The van der Waals surface area contributed by atoms with Gasteiger partial charge in [0.15, 0.2) is 0 Å². The summed E-state index contributed by atoms with van der Waals surface area (Å²) in [5.41, 5.74) is 6.66. The predicted molar refractivity (Wildman–Crippen MR) is 74.8 cm³/mol. The maximum atomic E-state index is 10.8. The highest BCUT2D eigenvalue weighted by Gasteiger charge is 2.18. The Morgan fingerprint density at radius 3 is 2.94 bits per heavy atom. The Morgan fingerprint density at radius 1 is 1.56 bits per heavy atom. The number of nitrogens with zero attached hydrogens (tertiary/aromatic N) is 1.